The SMILES string of the molecule is CC1CCCCN1c1ccc(-c2nc(-c3ccc4c(c3)CCN(C(=O)O)C4)no2)cc1C#N. The molecular formula is C25H25N5O3. The van der Waals surface area contributed by atoms with E-state index < -0.39 is 6.09 Å². The van der Waals surface area contributed by atoms with Crippen LogP contribution in [-0.4, -0.2) is 45.4 Å². The molecule has 0 radical (unpaired) electrons. The van der Waals surface area contributed by atoms with Crippen LogP contribution in [0, 0.1) is 11.3 Å². The van der Waals surface area contributed by atoms with E-state index in [9.17, 15) is 15.2 Å². The molecule has 1 N–H and O–H groups in total. The van der Waals surface area contributed by atoms with Crippen molar-refractivity contribution in [1.82, 2.24) is 15.0 Å². The Morgan fingerprint density at radius 2 is 2.00 bits per heavy atom. The van der Waals surface area contributed by atoms with Crippen molar-refractivity contribution < 1.29 is 14.4 Å². The summed E-state index contributed by atoms with van der Waals surface area (Å²) < 4.78 is 5.53. The molecule has 1 fully saturated rings. The zero-order chi connectivity index (χ0) is 22.9. The predicted molar refractivity (Wildman–Crippen MR) is 123 cm³/mol. The molecule has 0 aliphatic carbocycles. The Hall–Kier alpha value is -3.86. The number of amides is 1. The van der Waals surface area contributed by atoms with Crippen molar-refractivity contribution in [2.75, 3.05) is 18.0 Å². The predicted octanol–water partition coefficient (Wildman–Crippen LogP) is 4.69. The van der Waals surface area contributed by atoms with Crippen LogP contribution in [0.1, 0.15) is 42.9 Å². The average molecular weight is 444 g/mol. The maximum Gasteiger partial charge on any atom is 0.407 e. The van der Waals surface area contributed by atoms with E-state index in [1.54, 1.807) is 0 Å². The van der Waals surface area contributed by atoms with Crippen molar-refractivity contribution in [1.29, 1.82) is 5.26 Å². The Labute approximate surface area is 192 Å². The minimum atomic E-state index is -0.898. The van der Waals surface area contributed by atoms with Gasteiger partial charge >= 0.3 is 6.09 Å². The summed E-state index contributed by atoms with van der Waals surface area (Å²) >= 11 is 0. The molecule has 8 heteroatoms. The second-order valence-electron chi connectivity index (χ2n) is 8.74. The third-order valence-corrected chi connectivity index (χ3v) is 6.65. The number of hydrogen-bond acceptors (Lipinski definition) is 6. The van der Waals surface area contributed by atoms with Gasteiger partial charge in [-0.2, -0.15) is 10.2 Å². The monoisotopic (exact) mass is 443 g/mol. The fourth-order valence-electron chi connectivity index (χ4n) is 4.78. The van der Waals surface area contributed by atoms with Gasteiger partial charge in [0.15, 0.2) is 0 Å². The van der Waals surface area contributed by atoms with E-state index in [2.05, 4.69) is 28.0 Å². The first-order valence-corrected chi connectivity index (χ1v) is 11.3. The maximum atomic E-state index is 11.2. The van der Waals surface area contributed by atoms with Crippen molar-refractivity contribution in [3.8, 4) is 28.9 Å². The Morgan fingerprint density at radius 1 is 1.15 bits per heavy atom. The topological polar surface area (TPSA) is 106 Å². The number of anilines is 1. The van der Waals surface area contributed by atoms with Gasteiger partial charge in [0, 0.05) is 36.8 Å². The van der Waals surface area contributed by atoms with E-state index >= 15 is 0 Å². The van der Waals surface area contributed by atoms with Crippen LogP contribution >= 0.6 is 0 Å². The number of carboxylic acid groups (broad SMARTS) is 1. The lowest BCUT2D eigenvalue weighted by atomic mass is 9.97. The van der Waals surface area contributed by atoms with Crippen LogP contribution in [0.15, 0.2) is 40.9 Å². The summed E-state index contributed by atoms with van der Waals surface area (Å²) in [5, 5.41) is 23.1. The zero-order valence-corrected chi connectivity index (χ0v) is 18.5. The summed E-state index contributed by atoms with van der Waals surface area (Å²) in [5.74, 6) is 0.843. The molecule has 1 unspecified atom stereocenters. The van der Waals surface area contributed by atoms with Gasteiger partial charge in [0.1, 0.15) is 6.07 Å². The number of aromatic nitrogens is 2. The van der Waals surface area contributed by atoms with Crippen LogP contribution in [0.4, 0.5) is 10.5 Å². The van der Waals surface area contributed by atoms with Crippen LogP contribution < -0.4 is 4.90 Å². The molecular weight excluding hydrogens is 418 g/mol. The van der Waals surface area contributed by atoms with Gasteiger partial charge < -0.3 is 19.4 Å². The Morgan fingerprint density at radius 3 is 2.79 bits per heavy atom. The number of fused-ring (bicyclic) bond motifs is 1. The molecule has 1 aromatic heterocycles. The van der Waals surface area contributed by atoms with Crippen LogP contribution in [0.2, 0.25) is 0 Å². The van der Waals surface area contributed by atoms with Gasteiger partial charge in [0.05, 0.1) is 11.3 Å². The number of piperidine rings is 1. The lowest BCUT2D eigenvalue weighted by Gasteiger charge is -2.36. The van der Waals surface area contributed by atoms with E-state index in [1.165, 1.54) is 11.3 Å². The number of carbonyl (C=O) groups is 1. The normalized spacial score (nSPS) is 18.0. The van der Waals surface area contributed by atoms with Crippen molar-refractivity contribution in [3.63, 3.8) is 0 Å². The highest BCUT2D eigenvalue weighted by Crippen LogP contribution is 2.32. The molecule has 0 saturated carbocycles. The molecule has 2 aliphatic heterocycles. The van der Waals surface area contributed by atoms with Gasteiger partial charge in [-0.05, 0) is 68.0 Å². The summed E-state index contributed by atoms with van der Waals surface area (Å²) in [7, 11) is 0. The van der Waals surface area contributed by atoms with Crippen molar-refractivity contribution >= 4 is 11.8 Å². The quantitative estimate of drug-likeness (QED) is 0.626. The smallest absolute Gasteiger partial charge is 0.407 e. The number of nitrogens with zero attached hydrogens (tertiary/aromatic N) is 5. The molecule has 0 bridgehead atoms. The molecule has 33 heavy (non-hydrogen) atoms. The van der Waals surface area contributed by atoms with Gasteiger partial charge in [0.2, 0.25) is 5.82 Å². The van der Waals surface area contributed by atoms with Gasteiger partial charge in [0.25, 0.3) is 5.89 Å². The van der Waals surface area contributed by atoms with Crippen LogP contribution in [0.25, 0.3) is 22.8 Å². The Kier molecular flexibility index (Phi) is 5.47. The molecule has 168 valence electrons. The molecule has 1 atom stereocenters. The molecule has 2 aliphatic rings. The molecule has 1 amide bonds. The van der Waals surface area contributed by atoms with E-state index in [0.29, 0.717) is 48.4 Å². The fraction of sp³-hybridized carbons (Fsp3) is 0.360. The lowest BCUT2D eigenvalue weighted by molar-refractivity contribution is 0.140. The molecule has 3 heterocycles. The molecule has 3 aromatic rings. The first kappa shape index (κ1) is 21.0. The van der Waals surface area contributed by atoms with Crippen molar-refractivity contribution in [2.24, 2.45) is 0 Å². The van der Waals surface area contributed by atoms with Crippen LogP contribution in [-0.2, 0) is 13.0 Å². The molecule has 0 spiro atoms. The largest absolute Gasteiger partial charge is 0.465 e. The Balaban J connectivity index is 1.40. The lowest BCUT2D eigenvalue weighted by Crippen LogP contribution is -2.37. The van der Waals surface area contributed by atoms with Crippen molar-refractivity contribution in [2.45, 2.75) is 45.2 Å². The van der Waals surface area contributed by atoms with Gasteiger partial charge in [-0.15, -0.1) is 0 Å². The molecule has 8 nitrogen and oxygen atoms in total. The summed E-state index contributed by atoms with van der Waals surface area (Å²) in [5.41, 5.74) is 5.21. The molecule has 1 saturated heterocycles. The van der Waals surface area contributed by atoms with E-state index in [-0.39, 0.29) is 0 Å². The fourth-order valence-corrected chi connectivity index (χ4v) is 4.78. The highest BCUT2D eigenvalue weighted by molar-refractivity contribution is 5.69. The third-order valence-electron chi connectivity index (χ3n) is 6.65. The van der Waals surface area contributed by atoms with Gasteiger partial charge in [-0.25, -0.2) is 4.79 Å². The molecule has 2 aromatic carbocycles. The highest BCUT2D eigenvalue weighted by Gasteiger charge is 2.23. The van der Waals surface area contributed by atoms with Crippen LogP contribution in [0.3, 0.4) is 0 Å². The van der Waals surface area contributed by atoms with Crippen LogP contribution in [0.5, 0.6) is 0 Å². The second kappa shape index (κ2) is 8.58. The standard InChI is InChI=1S/C25H25N5O3/c1-16-4-2-3-10-30(16)22-8-7-19(13-21(22)14-26)24-27-23(28-33-24)18-5-6-20-15-29(25(31)32)11-9-17(20)12-18/h5-8,12-13,16H,2-4,9-11,15H2,1H3,(H,31,32). The summed E-state index contributed by atoms with van der Waals surface area (Å²) in [6.45, 7) is 4.03. The number of rotatable bonds is 3. The van der Waals surface area contributed by atoms with E-state index in [0.717, 1.165) is 41.8 Å². The summed E-state index contributed by atoms with van der Waals surface area (Å²) in [4.78, 5) is 19.5. The zero-order valence-electron chi connectivity index (χ0n) is 18.5. The van der Waals surface area contributed by atoms with Crippen molar-refractivity contribution in [3.05, 3.63) is 53.1 Å². The number of nitriles is 1. The van der Waals surface area contributed by atoms with Gasteiger partial charge in [-0.1, -0.05) is 17.3 Å². The highest BCUT2D eigenvalue weighted by atomic mass is 16.5. The summed E-state index contributed by atoms with van der Waals surface area (Å²) in [6, 6.07) is 14.3. The Bertz CT molecular complexity index is 1250. The second-order valence-corrected chi connectivity index (χ2v) is 8.74. The number of hydrogen-bond donors (Lipinski definition) is 1. The average Bonchev–Trinajstić information content (AvgIpc) is 3.34. The first-order chi connectivity index (χ1) is 16.0. The van der Waals surface area contributed by atoms with E-state index in [1.807, 2.05) is 36.4 Å². The number of benzene rings is 2. The first-order valence-electron chi connectivity index (χ1n) is 11.3. The minimum Gasteiger partial charge on any atom is -0.465 e. The molecule has 5 rings (SSSR count). The minimum absolute atomic E-state index is 0.370. The summed E-state index contributed by atoms with van der Waals surface area (Å²) in [6.07, 6.45) is 3.25. The van der Waals surface area contributed by atoms with E-state index in [4.69, 9.17) is 4.52 Å². The third kappa shape index (κ3) is 4.02. The van der Waals surface area contributed by atoms with Gasteiger partial charge in [-0.3, -0.25) is 0 Å². The maximum absolute atomic E-state index is 11.2.